The third-order valence-electron chi connectivity index (χ3n) is 2.83. The molecule has 0 unspecified atom stereocenters. The highest BCUT2D eigenvalue weighted by molar-refractivity contribution is 5.98. The van der Waals surface area contributed by atoms with Crippen LogP contribution in [0.25, 0.3) is 11.4 Å². The topological polar surface area (TPSA) is 90.1 Å². The van der Waals surface area contributed by atoms with Gasteiger partial charge in [-0.15, -0.1) is 0 Å². The van der Waals surface area contributed by atoms with Crippen molar-refractivity contribution in [1.29, 1.82) is 0 Å². The van der Waals surface area contributed by atoms with Gasteiger partial charge in [0.05, 0.1) is 12.7 Å². The van der Waals surface area contributed by atoms with Gasteiger partial charge in [-0.05, 0) is 38.1 Å². The Morgan fingerprint density at radius 3 is 2.48 bits per heavy atom. The van der Waals surface area contributed by atoms with Gasteiger partial charge in [0, 0.05) is 17.8 Å². The molecular formula is C15H18N4O2. The Kier molecular flexibility index (Phi) is 4.37. The summed E-state index contributed by atoms with van der Waals surface area (Å²) < 4.78 is 5.10. The van der Waals surface area contributed by atoms with E-state index in [2.05, 4.69) is 15.3 Å². The van der Waals surface area contributed by atoms with Crippen molar-refractivity contribution in [3.05, 3.63) is 36.0 Å². The molecule has 0 fully saturated rings. The lowest BCUT2D eigenvalue weighted by atomic mass is 10.2. The Morgan fingerprint density at radius 1 is 1.29 bits per heavy atom. The molecule has 2 rings (SSSR count). The first-order valence-corrected chi connectivity index (χ1v) is 6.59. The number of nitrogens with two attached hydrogens (primary N) is 1. The van der Waals surface area contributed by atoms with E-state index in [0.717, 1.165) is 11.3 Å². The van der Waals surface area contributed by atoms with E-state index in [1.165, 1.54) is 6.20 Å². The molecule has 21 heavy (non-hydrogen) atoms. The average Bonchev–Trinajstić information content (AvgIpc) is 2.46. The van der Waals surface area contributed by atoms with Crippen LogP contribution in [0.5, 0.6) is 5.75 Å². The second-order valence-electron chi connectivity index (χ2n) is 4.85. The molecule has 0 atom stereocenters. The van der Waals surface area contributed by atoms with Crippen LogP contribution in [0.4, 0.5) is 5.82 Å². The van der Waals surface area contributed by atoms with Crippen LogP contribution in [0, 0.1) is 0 Å². The van der Waals surface area contributed by atoms with Crippen molar-refractivity contribution in [2.24, 2.45) is 0 Å². The summed E-state index contributed by atoms with van der Waals surface area (Å²) in [4.78, 5) is 20.3. The number of nitrogen functional groups attached to an aromatic ring is 1. The summed E-state index contributed by atoms with van der Waals surface area (Å²) in [6.07, 6.45) is 1.44. The Bertz CT molecular complexity index is 639. The van der Waals surface area contributed by atoms with E-state index in [9.17, 15) is 4.79 Å². The second kappa shape index (κ2) is 6.21. The lowest BCUT2D eigenvalue weighted by Gasteiger charge is -2.10. The third kappa shape index (κ3) is 3.47. The highest BCUT2D eigenvalue weighted by Crippen LogP contribution is 2.20. The maximum absolute atomic E-state index is 11.9. The maximum Gasteiger partial charge on any atom is 0.256 e. The quantitative estimate of drug-likeness (QED) is 0.895. The minimum atomic E-state index is -0.274. The molecule has 2 aromatic rings. The SMILES string of the molecule is COc1ccc(-c2ncc(C(=O)NC(C)C)c(N)n2)cc1. The van der Waals surface area contributed by atoms with Crippen molar-refractivity contribution in [2.75, 3.05) is 12.8 Å². The van der Waals surface area contributed by atoms with Gasteiger partial charge in [-0.25, -0.2) is 9.97 Å². The van der Waals surface area contributed by atoms with Crippen LogP contribution in [0.2, 0.25) is 0 Å². The van der Waals surface area contributed by atoms with Crippen LogP contribution in [-0.2, 0) is 0 Å². The Hall–Kier alpha value is -2.63. The molecule has 6 nitrogen and oxygen atoms in total. The van der Waals surface area contributed by atoms with E-state index in [1.54, 1.807) is 7.11 Å². The summed E-state index contributed by atoms with van der Waals surface area (Å²) in [6.45, 7) is 3.75. The van der Waals surface area contributed by atoms with Gasteiger partial charge < -0.3 is 15.8 Å². The summed E-state index contributed by atoms with van der Waals surface area (Å²) in [5.74, 6) is 1.11. The van der Waals surface area contributed by atoms with Crippen LogP contribution in [0.3, 0.4) is 0 Å². The number of hydrogen-bond acceptors (Lipinski definition) is 5. The monoisotopic (exact) mass is 286 g/mol. The second-order valence-corrected chi connectivity index (χ2v) is 4.85. The first kappa shape index (κ1) is 14.8. The summed E-state index contributed by atoms with van der Waals surface area (Å²) >= 11 is 0. The normalized spacial score (nSPS) is 10.5. The number of nitrogens with zero attached hydrogens (tertiary/aromatic N) is 2. The molecule has 1 heterocycles. The van der Waals surface area contributed by atoms with Crippen molar-refractivity contribution in [2.45, 2.75) is 19.9 Å². The molecular weight excluding hydrogens is 268 g/mol. The average molecular weight is 286 g/mol. The molecule has 0 spiro atoms. The van der Waals surface area contributed by atoms with E-state index in [1.807, 2.05) is 38.1 Å². The number of aromatic nitrogens is 2. The molecule has 1 aromatic carbocycles. The van der Waals surface area contributed by atoms with Gasteiger partial charge in [0.1, 0.15) is 11.6 Å². The number of ether oxygens (including phenoxy) is 1. The van der Waals surface area contributed by atoms with Gasteiger partial charge in [0.2, 0.25) is 0 Å². The summed E-state index contributed by atoms with van der Waals surface area (Å²) in [6, 6.07) is 7.32. The zero-order chi connectivity index (χ0) is 15.4. The van der Waals surface area contributed by atoms with Crippen molar-refractivity contribution in [3.8, 4) is 17.1 Å². The summed E-state index contributed by atoms with van der Waals surface area (Å²) in [7, 11) is 1.60. The molecule has 0 radical (unpaired) electrons. The molecule has 3 N–H and O–H groups in total. The smallest absolute Gasteiger partial charge is 0.256 e. The standard InChI is InChI=1S/C15H18N4O2/c1-9(2)18-15(20)12-8-17-14(19-13(12)16)10-4-6-11(21-3)7-5-10/h4-9H,1-3H3,(H,18,20)(H2,16,17,19). The van der Waals surface area contributed by atoms with Crippen molar-refractivity contribution >= 4 is 11.7 Å². The number of rotatable bonds is 4. The first-order valence-electron chi connectivity index (χ1n) is 6.59. The fraction of sp³-hybridized carbons (Fsp3) is 0.267. The highest BCUT2D eigenvalue weighted by Gasteiger charge is 2.14. The number of carbonyl (C=O) groups is 1. The van der Waals surface area contributed by atoms with Gasteiger partial charge in [0.25, 0.3) is 5.91 Å². The number of amides is 1. The van der Waals surface area contributed by atoms with Crippen molar-refractivity contribution in [1.82, 2.24) is 15.3 Å². The van der Waals surface area contributed by atoms with Gasteiger partial charge in [0.15, 0.2) is 5.82 Å². The van der Waals surface area contributed by atoms with E-state index < -0.39 is 0 Å². The molecule has 0 bridgehead atoms. The molecule has 110 valence electrons. The van der Waals surface area contributed by atoms with Crippen molar-refractivity contribution in [3.63, 3.8) is 0 Å². The van der Waals surface area contributed by atoms with Gasteiger partial charge in [-0.2, -0.15) is 0 Å². The predicted molar refractivity (Wildman–Crippen MR) is 81.0 cm³/mol. The number of methoxy groups -OCH3 is 1. The van der Waals surface area contributed by atoms with Crippen molar-refractivity contribution < 1.29 is 9.53 Å². The summed E-state index contributed by atoms with van der Waals surface area (Å²) in [5, 5.41) is 2.76. The summed E-state index contributed by atoms with van der Waals surface area (Å²) in [5.41, 5.74) is 6.94. The molecule has 1 amide bonds. The van der Waals surface area contributed by atoms with Crippen LogP contribution >= 0.6 is 0 Å². The Morgan fingerprint density at radius 2 is 1.95 bits per heavy atom. The molecule has 0 aliphatic rings. The Labute approximate surface area is 123 Å². The molecule has 0 aliphatic carbocycles. The molecule has 6 heteroatoms. The van der Waals surface area contributed by atoms with Gasteiger partial charge in [-0.1, -0.05) is 0 Å². The number of carbonyl (C=O) groups excluding carboxylic acids is 1. The van der Waals surface area contributed by atoms with E-state index in [0.29, 0.717) is 5.82 Å². The fourth-order valence-corrected chi connectivity index (χ4v) is 1.79. The van der Waals surface area contributed by atoms with Gasteiger partial charge in [-0.3, -0.25) is 4.79 Å². The number of anilines is 1. The molecule has 0 saturated heterocycles. The molecule has 0 saturated carbocycles. The first-order chi connectivity index (χ1) is 10.0. The molecule has 0 aliphatic heterocycles. The van der Waals surface area contributed by atoms with E-state index >= 15 is 0 Å². The van der Waals surface area contributed by atoms with Gasteiger partial charge >= 0.3 is 0 Å². The van der Waals surface area contributed by atoms with Crippen LogP contribution in [0.1, 0.15) is 24.2 Å². The maximum atomic E-state index is 11.9. The van der Waals surface area contributed by atoms with Crippen LogP contribution < -0.4 is 15.8 Å². The zero-order valence-corrected chi connectivity index (χ0v) is 12.3. The molecule has 1 aromatic heterocycles. The largest absolute Gasteiger partial charge is 0.497 e. The van der Waals surface area contributed by atoms with E-state index in [-0.39, 0.29) is 23.3 Å². The zero-order valence-electron chi connectivity index (χ0n) is 12.3. The predicted octanol–water partition coefficient (Wildman–Crippen LogP) is 1.87. The number of hydrogen-bond donors (Lipinski definition) is 2. The minimum absolute atomic E-state index is 0.0261. The Balaban J connectivity index is 2.27. The fourth-order valence-electron chi connectivity index (χ4n) is 1.79. The number of benzene rings is 1. The highest BCUT2D eigenvalue weighted by atomic mass is 16.5. The van der Waals surface area contributed by atoms with Crippen LogP contribution in [-0.4, -0.2) is 29.0 Å². The van der Waals surface area contributed by atoms with E-state index in [4.69, 9.17) is 10.5 Å². The van der Waals surface area contributed by atoms with Crippen LogP contribution in [0.15, 0.2) is 30.5 Å². The number of nitrogens with one attached hydrogen (secondary N) is 1. The lowest BCUT2D eigenvalue weighted by molar-refractivity contribution is 0.0943. The third-order valence-corrected chi connectivity index (χ3v) is 2.83. The lowest BCUT2D eigenvalue weighted by Crippen LogP contribution is -2.31. The minimum Gasteiger partial charge on any atom is -0.497 e.